The van der Waals surface area contributed by atoms with Gasteiger partial charge in [-0.05, 0) is 75.2 Å². The highest BCUT2D eigenvalue weighted by Crippen LogP contribution is 2.53. The Balaban J connectivity index is 1.34. The molecule has 5 rings (SSSR count). The summed E-state index contributed by atoms with van der Waals surface area (Å²) in [6.45, 7) is 2.47. The smallest absolute Gasteiger partial charge is 0.0192 e. The molecule has 18 heavy (non-hydrogen) atoms. The summed E-state index contributed by atoms with van der Waals surface area (Å²) in [5, 5.41) is 7.65. The third kappa shape index (κ3) is 2.12. The van der Waals surface area contributed by atoms with Crippen molar-refractivity contribution in [2.75, 3.05) is 13.1 Å². The molecule has 2 heteroatoms. The molecule has 0 amide bonds. The Morgan fingerprint density at radius 1 is 0.889 bits per heavy atom. The first-order valence-corrected chi connectivity index (χ1v) is 8.35. The van der Waals surface area contributed by atoms with Gasteiger partial charge in [-0.15, -0.1) is 0 Å². The van der Waals surface area contributed by atoms with Gasteiger partial charge in [0.05, 0.1) is 0 Å². The molecular formula is C16H28N2. The van der Waals surface area contributed by atoms with Crippen LogP contribution in [0.15, 0.2) is 0 Å². The summed E-state index contributed by atoms with van der Waals surface area (Å²) in [4.78, 5) is 0. The molecule has 0 aromatic rings. The fourth-order valence-electron chi connectivity index (χ4n) is 5.64. The van der Waals surface area contributed by atoms with Crippen molar-refractivity contribution in [3.05, 3.63) is 0 Å². The summed E-state index contributed by atoms with van der Waals surface area (Å²) in [6, 6.07) is 1.64. The van der Waals surface area contributed by atoms with Crippen molar-refractivity contribution in [3.63, 3.8) is 0 Å². The Bertz CT molecular complexity index is 267. The van der Waals surface area contributed by atoms with Crippen molar-refractivity contribution >= 4 is 0 Å². The molecule has 1 heterocycles. The molecule has 0 spiro atoms. The molecule has 1 saturated heterocycles. The molecule has 0 radical (unpaired) electrons. The minimum absolute atomic E-state index is 0.760. The van der Waals surface area contributed by atoms with Gasteiger partial charge in [0.15, 0.2) is 0 Å². The quantitative estimate of drug-likeness (QED) is 0.802. The topological polar surface area (TPSA) is 24.1 Å². The summed E-state index contributed by atoms with van der Waals surface area (Å²) in [7, 11) is 0. The van der Waals surface area contributed by atoms with E-state index in [1.807, 2.05) is 0 Å². The van der Waals surface area contributed by atoms with E-state index in [9.17, 15) is 0 Å². The van der Waals surface area contributed by atoms with Crippen molar-refractivity contribution in [1.29, 1.82) is 0 Å². The van der Waals surface area contributed by atoms with Gasteiger partial charge < -0.3 is 10.6 Å². The molecule has 4 saturated carbocycles. The monoisotopic (exact) mass is 248 g/mol. The lowest BCUT2D eigenvalue weighted by Gasteiger charge is -2.54. The number of nitrogens with one attached hydrogen (secondary N) is 2. The molecule has 2 nitrogen and oxygen atoms in total. The zero-order valence-corrected chi connectivity index (χ0v) is 11.5. The second-order valence-electron chi connectivity index (χ2n) is 7.51. The van der Waals surface area contributed by atoms with Crippen LogP contribution in [0.4, 0.5) is 0 Å². The third-order valence-corrected chi connectivity index (χ3v) is 6.24. The van der Waals surface area contributed by atoms with E-state index in [4.69, 9.17) is 0 Å². The maximum Gasteiger partial charge on any atom is 0.0192 e. The molecule has 4 bridgehead atoms. The minimum Gasteiger partial charge on any atom is -0.313 e. The van der Waals surface area contributed by atoms with Gasteiger partial charge in [0.2, 0.25) is 0 Å². The largest absolute Gasteiger partial charge is 0.313 e. The number of hydrogen-bond donors (Lipinski definition) is 2. The normalized spacial score (nSPS) is 50.7. The van der Waals surface area contributed by atoms with E-state index in [-0.39, 0.29) is 0 Å². The van der Waals surface area contributed by atoms with Crippen LogP contribution in [0.1, 0.15) is 51.4 Å². The second-order valence-corrected chi connectivity index (χ2v) is 7.51. The molecule has 0 aromatic heterocycles. The van der Waals surface area contributed by atoms with Crippen LogP contribution in [-0.4, -0.2) is 25.2 Å². The van der Waals surface area contributed by atoms with Gasteiger partial charge in [0, 0.05) is 18.6 Å². The van der Waals surface area contributed by atoms with E-state index < -0.39 is 0 Å². The molecule has 5 fully saturated rings. The van der Waals surface area contributed by atoms with Gasteiger partial charge in [0.25, 0.3) is 0 Å². The Labute approximate surface area is 111 Å². The van der Waals surface area contributed by atoms with Gasteiger partial charge in [-0.2, -0.15) is 0 Å². The van der Waals surface area contributed by atoms with Gasteiger partial charge >= 0.3 is 0 Å². The fraction of sp³-hybridized carbons (Fsp3) is 1.00. The van der Waals surface area contributed by atoms with Crippen LogP contribution >= 0.6 is 0 Å². The van der Waals surface area contributed by atoms with Crippen LogP contribution in [-0.2, 0) is 0 Å². The van der Waals surface area contributed by atoms with Crippen LogP contribution < -0.4 is 10.6 Å². The Morgan fingerprint density at radius 2 is 1.61 bits per heavy atom. The molecule has 102 valence electrons. The van der Waals surface area contributed by atoms with Crippen LogP contribution in [0.3, 0.4) is 0 Å². The van der Waals surface area contributed by atoms with Crippen molar-refractivity contribution in [2.45, 2.75) is 63.5 Å². The highest BCUT2D eigenvalue weighted by molar-refractivity contribution is 5.01. The molecule has 1 atom stereocenters. The Morgan fingerprint density at radius 3 is 2.22 bits per heavy atom. The van der Waals surface area contributed by atoms with Gasteiger partial charge in [0.1, 0.15) is 0 Å². The first-order valence-electron chi connectivity index (χ1n) is 8.35. The van der Waals surface area contributed by atoms with Gasteiger partial charge in [-0.3, -0.25) is 0 Å². The van der Waals surface area contributed by atoms with Crippen LogP contribution in [0.2, 0.25) is 0 Å². The molecular weight excluding hydrogens is 220 g/mol. The van der Waals surface area contributed by atoms with E-state index in [1.165, 1.54) is 32.4 Å². The molecule has 5 aliphatic rings. The van der Waals surface area contributed by atoms with Gasteiger partial charge in [-0.1, -0.05) is 6.42 Å². The Kier molecular flexibility index (Phi) is 3.12. The predicted molar refractivity (Wildman–Crippen MR) is 74.5 cm³/mol. The van der Waals surface area contributed by atoms with Crippen LogP contribution in [0.25, 0.3) is 0 Å². The van der Waals surface area contributed by atoms with E-state index in [0.717, 1.165) is 35.8 Å². The molecule has 1 unspecified atom stereocenters. The second kappa shape index (κ2) is 4.79. The minimum atomic E-state index is 0.760. The third-order valence-electron chi connectivity index (χ3n) is 6.24. The van der Waals surface area contributed by atoms with Crippen LogP contribution in [0, 0.1) is 23.7 Å². The molecule has 2 N–H and O–H groups in total. The standard InChI is InChI=1S/C16H28N2/c1-2-4-17-15(3-1)10-18-16-13-6-11-5-12(8-13)9-14(16)7-11/h11-18H,1-10H2. The van der Waals surface area contributed by atoms with Crippen LogP contribution in [0.5, 0.6) is 0 Å². The summed E-state index contributed by atoms with van der Waals surface area (Å²) in [6.07, 6.45) is 12.0. The van der Waals surface area contributed by atoms with E-state index >= 15 is 0 Å². The molecule has 4 aliphatic carbocycles. The first-order chi connectivity index (χ1) is 8.88. The van der Waals surface area contributed by atoms with Gasteiger partial charge in [-0.25, -0.2) is 0 Å². The average molecular weight is 248 g/mol. The lowest BCUT2D eigenvalue weighted by Crippen LogP contribution is -2.56. The van der Waals surface area contributed by atoms with Crippen molar-refractivity contribution < 1.29 is 0 Å². The first kappa shape index (κ1) is 11.7. The maximum atomic E-state index is 3.97. The van der Waals surface area contributed by atoms with E-state index in [2.05, 4.69) is 10.6 Å². The number of rotatable bonds is 3. The highest BCUT2D eigenvalue weighted by Gasteiger charge is 2.47. The molecule has 0 aromatic carbocycles. The number of piperidine rings is 1. The summed E-state index contributed by atoms with van der Waals surface area (Å²) < 4.78 is 0. The zero-order chi connectivity index (χ0) is 11.9. The number of hydrogen-bond acceptors (Lipinski definition) is 2. The van der Waals surface area contributed by atoms with Crippen molar-refractivity contribution in [3.8, 4) is 0 Å². The van der Waals surface area contributed by atoms with E-state index in [0.29, 0.717) is 0 Å². The van der Waals surface area contributed by atoms with Crippen molar-refractivity contribution in [1.82, 2.24) is 10.6 Å². The summed E-state index contributed by atoms with van der Waals surface area (Å²) in [5.41, 5.74) is 0. The SMILES string of the molecule is C1CCC(CNC2C3CC4CC(C3)CC2C4)NC1. The summed E-state index contributed by atoms with van der Waals surface area (Å²) in [5.74, 6) is 4.28. The fourth-order valence-corrected chi connectivity index (χ4v) is 5.64. The Hall–Kier alpha value is -0.0800. The van der Waals surface area contributed by atoms with E-state index in [1.54, 1.807) is 32.1 Å². The predicted octanol–water partition coefficient (Wildman–Crippen LogP) is 2.54. The maximum absolute atomic E-state index is 3.97. The average Bonchev–Trinajstić information content (AvgIpc) is 2.38. The lowest BCUT2D eigenvalue weighted by molar-refractivity contribution is -0.0144. The zero-order valence-electron chi connectivity index (χ0n) is 11.5. The molecule has 1 aliphatic heterocycles. The summed E-state index contributed by atoms with van der Waals surface area (Å²) >= 11 is 0. The van der Waals surface area contributed by atoms with Crippen molar-refractivity contribution in [2.24, 2.45) is 23.7 Å². The lowest BCUT2D eigenvalue weighted by atomic mass is 9.54. The highest BCUT2D eigenvalue weighted by atomic mass is 15.0.